The Morgan fingerprint density at radius 2 is 1.82 bits per heavy atom. The van der Waals surface area contributed by atoms with Crippen molar-refractivity contribution in [1.82, 2.24) is 0 Å². The summed E-state index contributed by atoms with van der Waals surface area (Å²) >= 11 is 0. The summed E-state index contributed by atoms with van der Waals surface area (Å²) in [6.07, 6.45) is 11.6. The van der Waals surface area contributed by atoms with Gasteiger partial charge in [-0.25, -0.2) is 0 Å². The summed E-state index contributed by atoms with van der Waals surface area (Å²) < 4.78 is 0. The zero-order valence-electron chi connectivity index (χ0n) is 22.4. The van der Waals surface area contributed by atoms with E-state index in [0.717, 1.165) is 51.4 Å². The van der Waals surface area contributed by atoms with Crippen LogP contribution in [0.5, 0.6) is 0 Å². The molecule has 0 aromatic rings. The number of carbonyl (C=O) groups is 1. The topological polar surface area (TPSA) is 57.5 Å². The van der Waals surface area contributed by atoms with Crippen LogP contribution in [0.1, 0.15) is 113 Å². The number of ketones is 1. The van der Waals surface area contributed by atoms with Gasteiger partial charge in [0.05, 0.1) is 11.7 Å². The molecule has 0 spiro atoms. The number of hydrogen-bond acceptors (Lipinski definition) is 3. The molecule has 3 nitrogen and oxygen atoms in total. The van der Waals surface area contributed by atoms with Crippen molar-refractivity contribution in [3.63, 3.8) is 0 Å². The molecule has 0 bridgehead atoms. The third-order valence-corrected chi connectivity index (χ3v) is 11.3. The van der Waals surface area contributed by atoms with Gasteiger partial charge in [0.25, 0.3) is 0 Å². The minimum absolute atomic E-state index is 0.0523. The van der Waals surface area contributed by atoms with Crippen LogP contribution in [0.3, 0.4) is 0 Å². The zero-order valence-corrected chi connectivity index (χ0v) is 22.4. The monoisotopic (exact) mass is 458 g/mol. The fourth-order valence-corrected chi connectivity index (χ4v) is 8.87. The predicted molar refractivity (Wildman–Crippen MR) is 135 cm³/mol. The van der Waals surface area contributed by atoms with Gasteiger partial charge in [0.2, 0.25) is 0 Å². The lowest BCUT2D eigenvalue weighted by atomic mass is 9.45. The van der Waals surface area contributed by atoms with Crippen molar-refractivity contribution in [2.45, 2.75) is 124 Å². The molecule has 9 atom stereocenters. The average molecular weight is 459 g/mol. The van der Waals surface area contributed by atoms with Crippen LogP contribution in [0.15, 0.2) is 11.6 Å². The quantitative estimate of drug-likeness (QED) is 0.450. The first-order valence-electron chi connectivity index (χ1n) is 13.9. The Morgan fingerprint density at radius 3 is 2.45 bits per heavy atom. The molecule has 0 aromatic carbocycles. The van der Waals surface area contributed by atoms with Crippen LogP contribution in [-0.2, 0) is 4.79 Å². The van der Waals surface area contributed by atoms with Gasteiger partial charge in [-0.2, -0.15) is 0 Å². The Bertz CT molecular complexity index is 793. The zero-order chi connectivity index (χ0) is 24.4. The van der Waals surface area contributed by atoms with Crippen molar-refractivity contribution in [3.8, 4) is 0 Å². The number of allylic oxidation sites excluding steroid dienone is 1. The molecule has 0 heterocycles. The van der Waals surface area contributed by atoms with Gasteiger partial charge in [0, 0.05) is 12.3 Å². The predicted octanol–water partition coefficient (Wildman–Crippen LogP) is 6.71. The first-order valence-corrected chi connectivity index (χ1v) is 13.9. The molecule has 0 saturated heterocycles. The maximum Gasteiger partial charge on any atom is 0.137 e. The Morgan fingerprint density at radius 1 is 1.12 bits per heavy atom. The van der Waals surface area contributed by atoms with Crippen molar-refractivity contribution >= 4 is 5.78 Å². The summed E-state index contributed by atoms with van der Waals surface area (Å²) in [7, 11) is 0. The smallest absolute Gasteiger partial charge is 0.137 e. The van der Waals surface area contributed by atoms with Crippen LogP contribution in [0, 0.1) is 45.8 Å². The van der Waals surface area contributed by atoms with Gasteiger partial charge in [-0.3, -0.25) is 4.79 Å². The Balaban J connectivity index is 1.54. The number of hydrogen-bond donors (Lipinski definition) is 2. The maximum atomic E-state index is 13.9. The van der Waals surface area contributed by atoms with E-state index in [4.69, 9.17) is 0 Å². The summed E-state index contributed by atoms with van der Waals surface area (Å²) in [6.45, 7) is 15.6. The van der Waals surface area contributed by atoms with E-state index >= 15 is 0 Å². The summed E-state index contributed by atoms with van der Waals surface area (Å²) in [5.74, 6) is 2.86. The van der Waals surface area contributed by atoms with Gasteiger partial charge < -0.3 is 10.2 Å². The van der Waals surface area contributed by atoms with E-state index in [1.165, 1.54) is 18.4 Å². The number of carbonyl (C=O) groups excluding carboxylic acids is 1. The highest BCUT2D eigenvalue weighted by Crippen LogP contribution is 2.67. The van der Waals surface area contributed by atoms with Gasteiger partial charge in [0.1, 0.15) is 5.78 Å². The second-order valence-electron chi connectivity index (χ2n) is 14.2. The molecule has 3 heteroatoms. The van der Waals surface area contributed by atoms with E-state index < -0.39 is 5.60 Å². The second-order valence-corrected chi connectivity index (χ2v) is 14.2. The van der Waals surface area contributed by atoms with Gasteiger partial charge in [-0.15, -0.1) is 0 Å². The molecule has 0 amide bonds. The molecule has 3 saturated carbocycles. The molecule has 0 aliphatic heterocycles. The molecule has 1 unspecified atom stereocenters. The van der Waals surface area contributed by atoms with Crippen LogP contribution in [0.4, 0.5) is 0 Å². The largest absolute Gasteiger partial charge is 0.393 e. The molecule has 0 aromatic heterocycles. The number of fused-ring (bicyclic) bond motifs is 5. The van der Waals surface area contributed by atoms with Crippen LogP contribution in [-0.4, -0.2) is 27.7 Å². The van der Waals surface area contributed by atoms with Crippen molar-refractivity contribution in [1.29, 1.82) is 0 Å². The van der Waals surface area contributed by atoms with Gasteiger partial charge in [-0.1, -0.05) is 60.1 Å². The standard InChI is InChI=1S/C30H50O3/c1-8-30(33)16-15-28(6)20(17-30)10-11-21-23-13-12-22(29(23,7)18-24(31)26(21)28)19(2)9-14-25(32)27(3,4)5/h10,19,21-23,25-26,32-33H,8-9,11-18H2,1-7H3/t19-,21?,22-,23+,25-,26-,28+,29-,30+/m1/s1. The van der Waals surface area contributed by atoms with E-state index in [9.17, 15) is 15.0 Å². The van der Waals surface area contributed by atoms with Crippen molar-refractivity contribution < 1.29 is 15.0 Å². The normalized spacial score (nSPS) is 45.0. The first-order chi connectivity index (χ1) is 15.2. The lowest BCUT2D eigenvalue weighted by Gasteiger charge is -2.58. The van der Waals surface area contributed by atoms with Crippen molar-refractivity contribution in [2.75, 3.05) is 0 Å². The fourth-order valence-electron chi connectivity index (χ4n) is 8.87. The van der Waals surface area contributed by atoms with Crippen LogP contribution >= 0.6 is 0 Å². The van der Waals surface area contributed by atoms with E-state index in [2.05, 4.69) is 54.5 Å². The maximum absolute atomic E-state index is 13.9. The highest BCUT2D eigenvalue weighted by molar-refractivity contribution is 5.85. The summed E-state index contributed by atoms with van der Waals surface area (Å²) in [4.78, 5) is 13.9. The third-order valence-electron chi connectivity index (χ3n) is 11.3. The number of rotatable bonds is 5. The molecule has 3 fully saturated rings. The summed E-state index contributed by atoms with van der Waals surface area (Å²) in [6, 6.07) is 0. The lowest BCUT2D eigenvalue weighted by molar-refractivity contribution is -0.147. The van der Waals surface area contributed by atoms with E-state index in [-0.39, 0.29) is 28.3 Å². The Hall–Kier alpha value is -0.670. The fraction of sp³-hybridized carbons (Fsp3) is 0.900. The number of Topliss-reactive ketones (excluding diaryl/α,β-unsaturated/α-hetero) is 1. The summed E-state index contributed by atoms with van der Waals surface area (Å²) in [5.41, 5.74) is 0.779. The molecular weight excluding hydrogens is 408 g/mol. The highest BCUT2D eigenvalue weighted by atomic mass is 16.3. The molecule has 4 rings (SSSR count). The molecule has 33 heavy (non-hydrogen) atoms. The molecule has 188 valence electrons. The molecule has 0 radical (unpaired) electrons. The Labute approximate surface area is 202 Å². The average Bonchev–Trinajstić information content (AvgIpc) is 3.08. The molecule has 2 N–H and O–H groups in total. The van der Waals surface area contributed by atoms with Crippen LogP contribution in [0.2, 0.25) is 0 Å². The molecule has 4 aliphatic rings. The van der Waals surface area contributed by atoms with Gasteiger partial charge >= 0.3 is 0 Å². The molecular formula is C30H50O3. The number of aliphatic hydroxyl groups is 2. The lowest BCUT2D eigenvalue weighted by Crippen LogP contribution is -2.56. The highest BCUT2D eigenvalue weighted by Gasteiger charge is 2.62. The van der Waals surface area contributed by atoms with E-state index in [1.54, 1.807) is 0 Å². The first kappa shape index (κ1) is 25.4. The number of aliphatic hydroxyl groups excluding tert-OH is 1. The van der Waals surface area contributed by atoms with Crippen LogP contribution in [0.25, 0.3) is 0 Å². The minimum Gasteiger partial charge on any atom is -0.393 e. The minimum atomic E-state index is -0.573. The van der Waals surface area contributed by atoms with E-state index in [0.29, 0.717) is 29.5 Å². The van der Waals surface area contributed by atoms with Crippen LogP contribution < -0.4 is 0 Å². The van der Waals surface area contributed by atoms with Crippen molar-refractivity contribution in [3.05, 3.63) is 11.6 Å². The van der Waals surface area contributed by atoms with Crippen molar-refractivity contribution in [2.24, 2.45) is 45.8 Å². The summed E-state index contributed by atoms with van der Waals surface area (Å²) in [5, 5.41) is 21.6. The van der Waals surface area contributed by atoms with E-state index in [1.807, 2.05) is 0 Å². The third kappa shape index (κ3) is 4.18. The molecule has 4 aliphatic carbocycles. The second kappa shape index (κ2) is 8.47. The Kier molecular flexibility index (Phi) is 6.53. The SMILES string of the molecule is CC[C@]1(O)CC[C@@]2(C)C(=CCC3[C@@H]4CC[C@H]([C@H](C)CC[C@@H](O)C(C)(C)C)[C@@]4(C)CC(=O)[C@@H]32)C1. The van der Waals surface area contributed by atoms with Gasteiger partial charge in [-0.05, 0) is 97.7 Å². The van der Waals surface area contributed by atoms with Gasteiger partial charge in [0.15, 0.2) is 0 Å².